The van der Waals surface area contributed by atoms with Crippen LogP contribution in [0.2, 0.25) is 0 Å². The molecule has 0 bridgehead atoms. The Kier molecular flexibility index (Phi) is 3.75. The molecule has 0 unspecified atom stereocenters. The number of fused-ring (bicyclic) bond motifs is 1. The highest BCUT2D eigenvalue weighted by Crippen LogP contribution is 2.32. The van der Waals surface area contributed by atoms with Crippen LogP contribution in [0.4, 0.5) is 0 Å². The molecule has 0 fully saturated rings. The van der Waals surface area contributed by atoms with Crippen molar-refractivity contribution < 1.29 is 9.59 Å². The average Bonchev–Trinajstić information content (AvgIpc) is 2.60. The molecule has 1 aromatic rings. The Bertz CT molecular complexity index is 551. The van der Waals surface area contributed by atoms with Crippen LogP contribution in [0, 0.1) is 0 Å². The predicted molar refractivity (Wildman–Crippen MR) is 77.6 cm³/mol. The zero-order valence-electron chi connectivity index (χ0n) is 9.56. The Morgan fingerprint density at radius 2 is 1.58 bits per heavy atom. The van der Waals surface area contributed by atoms with Gasteiger partial charge in [-0.05, 0) is 24.4 Å². The number of carbonyl (C=O) groups is 2. The van der Waals surface area contributed by atoms with Gasteiger partial charge in [0.05, 0.1) is 11.1 Å². The Morgan fingerprint density at radius 3 is 1.95 bits per heavy atom. The summed E-state index contributed by atoms with van der Waals surface area (Å²) in [6, 6.07) is 6.42. The van der Waals surface area contributed by atoms with Crippen LogP contribution in [-0.2, 0) is 0 Å². The second-order valence-electron chi connectivity index (χ2n) is 3.80. The van der Waals surface area contributed by atoms with E-state index in [2.05, 4.69) is 0 Å². The summed E-state index contributed by atoms with van der Waals surface area (Å²) in [4.78, 5) is 26.2. The van der Waals surface area contributed by atoms with Gasteiger partial charge in [0.25, 0.3) is 15.7 Å². The maximum atomic E-state index is 12.1. The van der Waals surface area contributed by atoms with Gasteiger partial charge in [-0.15, -0.1) is 0 Å². The summed E-state index contributed by atoms with van der Waals surface area (Å²) in [5.74, 6) is -1.04. The van der Waals surface area contributed by atoms with Crippen molar-refractivity contribution in [3.63, 3.8) is 0 Å². The van der Waals surface area contributed by atoms with Crippen LogP contribution in [0.1, 0.15) is 20.7 Å². The van der Waals surface area contributed by atoms with Crippen LogP contribution in [0.5, 0.6) is 0 Å². The summed E-state index contributed by atoms with van der Waals surface area (Å²) >= 11 is 22.1. The maximum Gasteiger partial charge on any atom is 0.269 e. The van der Waals surface area contributed by atoms with E-state index >= 15 is 0 Å². The lowest BCUT2D eigenvalue weighted by atomic mass is 10.1. The van der Waals surface area contributed by atoms with Gasteiger partial charge in [-0.2, -0.15) is 0 Å². The quantitative estimate of drug-likeness (QED) is 0.316. The fourth-order valence-electron chi connectivity index (χ4n) is 1.62. The van der Waals surface area contributed by atoms with Crippen LogP contribution >= 0.6 is 47.0 Å². The minimum absolute atomic E-state index is 0.161. The number of amides is 2. The number of alkyl halides is 3. The number of imide groups is 1. The van der Waals surface area contributed by atoms with Crippen molar-refractivity contribution in [1.29, 1.82) is 0 Å². The molecule has 8 heteroatoms. The second kappa shape index (κ2) is 4.90. The minimum Gasteiger partial charge on any atom is -0.307 e. The molecular formula is C11H7Cl3N2O2S. The molecule has 0 N–H and O–H groups in total. The number of halogens is 3. The number of rotatable bonds is 0. The molecule has 0 saturated carbocycles. The minimum atomic E-state index is -1.84. The monoisotopic (exact) mass is 336 g/mol. The van der Waals surface area contributed by atoms with E-state index in [1.807, 2.05) is 0 Å². The molecule has 100 valence electrons. The Morgan fingerprint density at radius 1 is 1.16 bits per heavy atom. The molecule has 1 aromatic carbocycles. The third-order valence-electron chi connectivity index (χ3n) is 2.65. The van der Waals surface area contributed by atoms with Gasteiger partial charge in [-0.3, -0.25) is 9.59 Å². The van der Waals surface area contributed by atoms with Crippen LogP contribution in [0.15, 0.2) is 24.3 Å². The molecule has 4 nitrogen and oxygen atoms in total. The second-order valence-corrected chi connectivity index (χ2v) is 6.39. The topological polar surface area (TPSA) is 40.6 Å². The molecule has 2 amide bonds. The van der Waals surface area contributed by atoms with Crippen LogP contribution in [-0.4, -0.2) is 37.7 Å². The molecule has 2 rings (SSSR count). The van der Waals surface area contributed by atoms with Crippen molar-refractivity contribution in [2.45, 2.75) is 3.92 Å². The Hall–Kier alpha value is -0.880. The molecule has 0 aliphatic carbocycles. The van der Waals surface area contributed by atoms with Crippen molar-refractivity contribution in [3.05, 3.63) is 35.4 Å². The molecule has 0 radical (unpaired) electrons. The SMILES string of the molecule is CN(C(=S)N1C(=O)c2ccccc2C1=O)C(Cl)(Cl)Cl. The van der Waals surface area contributed by atoms with E-state index < -0.39 is 15.7 Å². The van der Waals surface area contributed by atoms with E-state index in [0.717, 1.165) is 9.80 Å². The summed E-state index contributed by atoms with van der Waals surface area (Å²) < 4.78 is -1.84. The lowest BCUT2D eigenvalue weighted by Crippen LogP contribution is -2.48. The number of hydrogen-bond donors (Lipinski definition) is 0. The van der Waals surface area contributed by atoms with E-state index in [9.17, 15) is 9.59 Å². The molecule has 0 aromatic heterocycles. The molecule has 1 heterocycles. The van der Waals surface area contributed by atoms with Crippen molar-refractivity contribution >= 4 is 63.9 Å². The predicted octanol–water partition coefficient (Wildman–Crippen LogP) is 2.83. The van der Waals surface area contributed by atoms with Gasteiger partial charge in [0.2, 0.25) is 0 Å². The van der Waals surface area contributed by atoms with Crippen molar-refractivity contribution in [2.24, 2.45) is 0 Å². The lowest BCUT2D eigenvalue weighted by Gasteiger charge is -2.30. The molecular weight excluding hydrogens is 331 g/mol. The molecule has 0 atom stereocenters. The molecule has 19 heavy (non-hydrogen) atoms. The molecule has 0 saturated heterocycles. The van der Waals surface area contributed by atoms with Gasteiger partial charge >= 0.3 is 0 Å². The first-order chi connectivity index (χ1) is 8.75. The highest BCUT2D eigenvalue weighted by atomic mass is 35.6. The standard InChI is InChI=1S/C11H7Cl3N2O2S/c1-15(11(12,13)14)10(19)16-8(17)6-4-2-3-5-7(6)9(16)18/h2-5H,1H3. The van der Waals surface area contributed by atoms with E-state index in [1.165, 1.54) is 7.05 Å². The van der Waals surface area contributed by atoms with Crippen LogP contribution < -0.4 is 0 Å². The largest absolute Gasteiger partial charge is 0.307 e. The highest BCUT2D eigenvalue weighted by Gasteiger charge is 2.42. The third kappa shape index (κ3) is 2.43. The number of nitrogens with zero attached hydrogens (tertiary/aromatic N) is 2. The summed E-state index contributed by atoms with van der Waals surface area (Å²) in [6.45, 7) is 0. The van der Waals surface area contributed by atoms with Gasteiger partial charge < -0.3 is 4.90 Å². The normalized spacial score (nSPS) is 14.6. The lowest BCUT2D eigenvalue weighted by molar-refractivity contribution is 0.0737. The molecule has 0 spiro atoms. The zero-order chi connectivity index (χ0) is 14.4. The first-order valence-corrected chi connectivity index (χ1v) is 6.61. The summed E-state index contributed by atoms with van der Waals surface area (Å²) in [5, 5.41) is -0.161. The first kappa shape index (κ1) is 14.5. The highest BCUT2D eigenvalue weighted by molar-refractivity contribution is 7.80. The number of thiocarbonyl (C=S) groups is 1. The average molecular weight is 338 g/mol. The Balaban J connectivity index is 2.38. The number of benzene rings is 1. The van der Waals surface area contributed by atoms with Gasteiger partial charge in [0, 0.05) is 7.05 Å². The van der Waals surface area contributed by atoms with E-state index in [0.29, 0.717) is 0 Å². The number of carbonyl (C=O) groups excluding carboxylic acids is 2. The summed E-state index contributed by atoms with van der Waals surface area (Å²) in [6.07, 6.45) is 0. The Labute approximate surface area is 129 Å². The van der Waals surface area contributed by atoms with E-state index in [-0.39, 0.29) is 16.2 Å². The van der Waals surface area contributed by atoms with Crippen LogP contribution in [0.3, 0.4) is 0 Å². The fraction of sp³-hybridized carbons (Fsp3) is 0.182. The number of hydrogen-bond acceptors (Lipinski definition) is 3. The van der Waals surface area contributed by atoms with Gasteiger partial charge in [-0.1, -0.05) is 46.9 Å². The van der Waals surface area contributed by atoms with Crippen LogP contribution in [0.25, 0.3) is 0 Å². The first-order valence-electron chi connectivity index (χ1n) is 5.07. The van der Waals surface area contributed by atoms with Crippen molar-refractivity contribution in [3.8, 4) is 0 Å². The van der Waals surface area contributed by atoms with Gasteiger partial charge in [0.1, 0.15) is 0 Å². The summed E-state index contributed by atoms with van der Waals surface area (Å²) in [7, 11) is 1.39. The smallest absolute Gasteiger partial charge is 0.269 e. The third-order valence-corrected chi connectivity index (χ3v) is 3.87. The van der Waals surface area contributed by atoms with Crippen molar-refractivity contribution in [1.82, 2.24) is 9.80 Å². The summed E-state index contributed by atoms with van der Waals surface area (Å²) in [5.41, 5.74) is 0.570. The van der Waals surface area contributed by atoms with Gasteiger partial charge in [-0.25, -0.2) is 4.90 Å². The molecule has 1 aliphatic rings. The zero-order valence-corrected chi connectivity index (χ0v) is 12.6. The van der Waals surface area contributed by atoms with E-state index in [4.69, 9.17) is 47.0 Å². The maximum absolute atomic E-state index is 12.1. The van der Waals surface area contributed by atoms with E-state index in [1.54, 1.807) is 24.3 Å². The fourth-order valence-corrected chi connectivity index (χ4v) is 2.31. The molecule has 1 aliphatic heterocycles. The van der Waals surface area contributed by atoms with Gasteiger partial charge in [0.15, 0.2) is 5.11 Å². The van der Waals surface area contributed by atoms with Crippen molar-refractivity contribution in [2.75, 3.05) is 7.05 Å².